The molecule has 0 aliphatic heterocycles. The maximum atomic E-state index is 5.33. The fourth-order valence-electron chi connectivity index (χ4n) is 0.207. The summed E-state index contributed by atoms with van der Waals surface area (Å²) in [5, 5.41) is 1.37. The Bertz CT molecular complexity index is 72.2. The summed E-state index contributed by atoms with van der Waals surface area (Å²) in [7, 11) is 3.32. The highest BCUT2D eigenvalue weighted by atomic mass is 35.8. The van der Waals surface area contributed by atoms with Crippen LogP contribution < -0.4 is 0 Å². The van der Waals surface area contributed by atoms with Gasteiger partial charge in [-0.3, -0.25) is 4.53 Å². The highest BCUT2D eigenvalue weighted by molar-refractivity contribution is 7.62. The third-order valence-corrected chi connectivity index (χ3v) is 1.48. The number of halogens is 3. The lowest BCUT2D eigenvalue weighted by atomic mass is 11.2. The highest BCUT2D eigenvalue weighted by Gasteiger charge is 2.29. The van der Waals surface area contributed by atoms with Crippen LogP contribution in [0.4, 0.5) is 0 Å². The van der Waals surface area contributed by atoms with Gasteiger partial charge in [-0.15, -0.1) is 0 Å². The molecule has 0 aromatic carbocycles. The van der Waals surface area contributed by atoms with Gasteiger partial charge in [0.1, 0.15) is 0 Å². The van der Waals surface area contributed by atoms with Crippen LogP contribution >= 0.6 is 33.2 Å². The second-order valence-electron chi connectivity index (χ2n) is 1.35. The lowest BCUT2D eigenvalue weighted by molar-refractivity contribution is -0.00140. The van der Waals surface area contributed by atoms with E-state index in [9.17, 15) is 0 Å². The van der Waals surface area contributed by atoms with Gasteiger partial charge in [-0.2, -0.15) is 0 Å². The first-order valence-electron chi connectivity index (χ1n) is 1.85. The quantitative estimate of drug-likeness (QED) is 0.376. The molecule has 50 valence electrons. The summed E-state index contributed by atoms with van der Waals surface area (Å²) in [5.41, 5.74) is 0. The van der Waals surface area contributed by atoms with Crippen LogP contribution in [0.1, 0.15) is 0 Å². The molecule has 0 aromatic rings. The number of rotatable bonds is 2. The summed E-state index contributed by atoms with van der Waals surface area (Å²) in [6.07, 6.45) is -2.88. The number of hydrogen-bond donors (Lipinski definition) is 0. The van der Waals surface area contributed by atoms with E-state index < -0.39 is 6.25 Å². The predicted octanol–water partition coefficient (Wildman–Crippen LogP) is 1.63. The van der Waals surface area contributed by atoms with Crippen molar-refractivity contribution in [2.75, 3.05) is 14.1 Å². The molecule has 0 amide bonds. The topological polar surface area (TPSA) is 12.5 Å². The van der Waals surface area contributed by atoms with Crippen molar-refractivity contribution >= 4 is 39.5 Å². The van der Waals surface area contributed by atoms with Crippen LogP contribution in [0.5, 0.6) is 0 Å². The molecule has 6 heteroatoms. The van der Waals surface area contributed by atoms with Crippen LogP contribution in [0.3, 0.4) is 0 Å². The van der Waals surface area contributed by atoms with Crippen molar-refractivity contribution < 1.29 is 4.53 Å². The highest BCUT2D eigenvalue weighted by Crippen LogP contribution is 2.20. The molecular weight excluding hydrogens is 188 g/mol. The molecule has 0 N–H and O–H groups in total. The van der Waals surface area contributed by atoms with Gasteiger partial charge in [0.15, 0.2) is 0 Å². The van der Waals surface area contributed by atoms with Gasteiger partial charge in [0.05, 0.1) is 0 Å². The molecule has 0 aliphatic rings. The third kappa shape index (κ3) is 7.01. The molecule has 0 bridgehead atoms. The summed E-state index contributed by atoms with van der Waals surface area (Å²) in [6, 6.07) is 0. The predicted molar refractivity (Wildman–Crippen MR) is 38.1 cm³/mol. The van der Waals surface area contributed by atoms with Crippen molar-refractivity contribution in [3.8, 4) is 0 Å². The van der Waals surface area contributed by atoms with Crippen molar-refractivity contribution in [3.05, 3.63) is 0 Å². The van der Waals surface area contributed by atoms with E-state index in [4.69, 9.17) is 37.8 Å². The monoisotopic (exact) mass is 193 g/mol. The maximum absolute atomic E-state index is 5.33. The van der Waals surface area contributed by atoms with Crippen LogP contribution in [0.25, 0.3) is 0 Å². The van der Waals surface area contributed by atoms with Crippen LogP contribution in [-0.2, 0) is 4.53 Å². The molecular formula is C2H6Cl3NOSi. The molecule has 0 saturated heterocycles. The molecule has 0 heterocycles. The van der Waals surface area contributed by atoms with E-state index in [1.807, 2.05) is 0 Å². The van der Waals surface area contributed by atoms with E-state index in [0.29, 0.717) is 0 Å². The van der Waals surface area contributed by atoms with Gasteiger partial charge in [0.25, 0.3) is 0 Å². The third-order valence-electron chi connectivity index (χ3n) is 0.286. The molecule has 0 unspecified atom stereocenters. The molecule has 0 aromatic heterocycles. The molecule has 8 heavy (non-hydrogen) atoms. The van der Waals surface area contributed by atoms with Crippen molar-refractivity contribution in [1.82, 2.24) is 5.06 Å². The lowest BCUT2D eigenvalue weighted by Crippen LogP contribution is -2.26. The van der Waals surface area contributed by atoms with E-state index in [1.54, 1.807) is 14.1 Å². The number of hydroxylamine groups is 2. The Kier molecular flexibility index (Phi) is 3.65. The zero-order valence-electron chi connectivity index (χ0n) is 4.49. The molecule has 0 aliphatic carbocycles. The van der Waals surface area contributed by atoms with Gasteiger partial charge >= 0.3 is 6.25 Å². The largest absolute Gasteiger partial charge is 0.510 e. The van der Waals surface area contributed by atoms with Gasteiger partial charge in [0.2, 0.25) is 0 Å². The van der Waals surface area contributed by atoms with E-state index in [2.05, 4.69) is 0 Å². The molecule has 0 atom stereocenters. The second kappa shape index (κ2) is 3.24. The van der Waals surface area contributed by atoms with Crippen LogP contribution in [-0.4, -0.2) is 25.4 Å². The molecule has 0 rings (SSSR count). The van der Waals surface area contributed by atoms with Crippen molar-refractivity contribution in [3.63, 3.8) is 0 Å². The Hall–Kier alpha value is 1.01. The molecule has 0 radical (unpaired) electrons. The second-order valence-corrected chi connectivity index (χ2v) is 8.96. The average Bonchev–Trinajstić information content (AvgIpc) is 1.21. The molecule has 0 spiro atoms. The minimum Gasteiger partial charge on any atom is -0.293 e. The Morgan fingerprint density at radius 3 is 1.62 bits per heavy atom. The Morgan fingerprint density at radius 2 is 1.62 bits per heavy atom. The normalized spacial score (nSPS) is 12.8. The SMILES string of the molecule is CN(C)O[Si](Cl)(Cl)Cl. The first kappa shape index (κ1) is 9.01. The average molecular weight is 195 g/mol. The van der Waals surface area contributed by atoms with E-state index in [1.165, 1.54) is 5.06 Å². The van der Waals surface area contributed by atoms with Crippen LogP contribution in [0.15, 0.2) is 0 Å². The lowest BCUT2D eigenvalue weighted by Gasteiger charge is -2.14. The van der Waals surface area contributed by atoms with Gasteiger partial charge in [-0.25, -0.2) is 5.06 Å². The van der Waals surface area contributed by atoms with E-state index in [0.717, 1.165) is 0 Å². The van der Waals surface area contributed by atoms with Gasteiger partial charge in [-0.05, 0) is 0 Å². The van der Waals surface area contributed by atoms with E-state index in [-0.39, 0.29) is 0 Å². The summed E-state index contributed by atoms with van der Waals surface area (Å²) >= 11 is 16.0. The smallest absolute Gasteiger partial charge is 0.293 e. The summed E-state index contributed by atoms with van der Waals surface area (Å²) < 4.78 is 4.71. The number of nitrogens with zero attached hydrogens (tertiary/aromatic N) is 1. The van der Waals surface area contributed by atoms with Crippen LogP contribution in [0, 0.1) is 0 Å². The van der Waals surface area contributed by atoms with Crippen LogP contribution in [0.2, 0.25) is 0 Å². The van der Waals surface area contributed by atoms with Gasteiger partial charge in [-0.1, -0.05) is 33.2 Å². The zero-order valence-corrected chi connectivity index (χ0v) is 7.76. The number of hydrogen-bond acceptors (Lipinski definition) is 2. The fraction of sp³-hybridized carbons (Fsp3) is 1.00. The van der Waals surface area contributed by atoms with Gasteiger partial charge in [0, 0.05) is 14.1 Å². The zero-order chi connectivity index (χ0) is 6.78. The Balaban J connectivity index is 3.39. The summed E-state index contributed by atoms with van der Waals surface area (Å²) in [5.74, 6) is 0. The standard InChI is InChI=1S/C2H6Cl3NOSi/c1-6(2)7-8(3,4)5/h1-2H3. The fourth-order valence-corrected chi connectivity index (χ4v) is 1.86. The molecule has 0 saturated carbocycles. The molecule has 0 fully saturated rings. The minimum atomic E-state index is -2.88. The van der Waals surface area contributed by atoms with Crippen molar-refractivity contribution in [2.45, 2.75) is 0 Å². The minimum absolute atomic E-state index is 1.37. The summed E-state index contributed by atoms with van der Waals surface area (Å²) in [4.78, 5) is 0. The Morgan fingerprint density at radius 1 is 1.25 bits per heavy atom. The van der Waals surface area contributed by atoms with Gasteiger partial charge < -0.3 is 0 Å². The summed E-state index contributed by atoms with van der Waals surface area (Å²) in [6.45, 7) is 0. The molecule has 2 nitrogen and oxygen atoms in total. The Labute approximate surface area is 63.5 Å². The van der Waals surface area contributed by atoms with Crippen molar-refractivity contribution in [1.29, 1.82) is 0 Å². The maximum Gasteiger partial charge on any atom is 0.510 e. The first-order chi connectivity index (χ1) is 3.42. The first-order valence-corrected chi connectivity index (χ1v) is 6.79. The van der Waals surface area contributed by atoms with E-state index >= 15 is 0 Å². The van der Waals surface area contributed by atoms with Crippen molar-refractivity contribution in [2.24, 2.45) is 0 Å².